The number of hydrogen-bond acceptors (Lipinski definition) is 5. The van der Waals surface area contributed by atoms with Crippen molar-refractivity contribution >= 4 is 21.8 Å². The maximum absolute atomic E-state index is 12.8. The number of thioether (sulfide) groups is 1. The summed E-state index contributed by atoms with van der Waals surface area (Å²) in [5, 5.41) is 9.39. The van der Waals surface area contributed by atoms with Crippen LogP contribution < -0.4 is 0 Å². The van der Waals surface area contributed by atoms with Gasteiger partial charge in [0.1, 0.15) is 16.4 Å². The number of nitrogens with zero attached hydrogens (tertiary/aromatic N) is 1. The highest BCUT2D eigenvalue weighted by Crippen LogP contribution is 2.32. The monoisotopic (exact) mass is 305 g/mol. The maximum atomic E-state index is 12.8. The Morgan fingerprint density at radius 1 is 1.42 bits per heavy atom. The first-order chi connectivity index (χ1) is 8.89. The first-order valence-corrected chi connectivity index (χ1v) is 8.78. The molecule has 1 saturated heterocycles. The highest BCUT2D eigenvalue weighted by molar-refractivity contribution is 7.99. The van der Waals surface area contributed by atoms with Crippen LogP contribution in [0.2, 0.25) is 0 Å². The lowest BCUT2D eigenvalue weighted by molar-refractivity contribution is 0.275. The highest BCUT2D eigenvalue weighted by atomic mass is 32.2. The van der Waals surface area contributed by atoms with Gasteiger partial charge in [-0.05, 0) is 20.8 Å². The van der Waals surface area contributed by atoms with Crippen molar-refractivity contribution in [3.63, 3.8) is 0 Å². The zero-order valence-corrected chi connectivity index (χ0v) is 13.0. The Morgan fingerprint density at radius 2 is 2.11 bits per heavy atom. The number of aryl methyl sites for hydroxylation is 2. The second-order valence-electron chi connectivity index (χ2n) is 4.72. The van der Waals surface area contributed by atoms with Gasteiger partial charge >= 0.3 is 0 Å². The maximum Gasteiger partial charge on any atom is 0.247 e. The van der Waals surface area contributed by atoms with E-state index in [1.54, 1.807) is 25.6 Å². The topological polar surface area (TPSA) is 70.8 Å². The van der Waals surface area contributed by atoms with Gasteiger partial charge in [0.25, 0.3) is 0 Å². The van der Waals surface area contributed by atoms with E-state index in [-0.39, 0.29) is 17.5 Å². The fraction of sp³-hybridized carbons (Fsp3) is 0.667. The van der Waals surface area contributed by atoms with E-state index in [0.29, 0.717) is 23.6 Å². The number of aliphatic hydroxyl groups excluding tert-OH is 1. The van der Waals surface area contributed by atoms with Crippen molar-refractivity contribution in [1.82, 2.24) is 4.31 Å². The summed E-state index contributed by atoms with van der Waals surface area (Å²) in [6, 6.07) is -0.0371. The lowest BCUT2D eigenvalue weighted by atomic mass is 10.2. The molecule has 19 heavy (non-hydrogen) atoms. The van der Waals surface area contributed by atoms with Gasteiger partial charge in [-0.1, -0.05) is 0 Å². The normalized spacial score (nSPS) is 21.8. The number of sulfonamides is 1. The summed E-state index contributed by atoms with van der Waals surface area (Å²) in [6.45, 7) is 5.39. The molecule has 0 saturated carbocycles. The van der Waals surface area contributed by atoms with Crippen molar-refractivity contribution in [2.75, 3.05) is 18.1 Å². The van der Waals surface area contributed by atoms with Gasteiger partial charge in [-0.2, -0.15) is 16.1 Å². The third kappa shape index (κ3) is 2.56. The first kappa shape index (κ1) is 14.9. The molecule has 0 radical (unpaired) electrons. The fourth-order valence-corrected chi connectivity index (χ4v) is 5.68. The Morgan fingerprint density at radius 3 is 2.68 bits per heavy atom. The summed E-state index contributed by atoms with van der Waals surface area (Å²) >= 11 is 1.76. The molecule has 1 unspecified atom stereocenters. The molecule has 108 valence electrons. The van der Waals surface area contributed by atoms with Crippen LogP contribution in [0.5, 0.6) is 0 Å². The molecule has 1 aliphatic heterocycles. The first-order valence-electron chi connectivity index (χ1n) is 6.19. The third-order valence-corrected chi connectivity index (χ3v) is 6.76. The van der Waals surface area contributed by atoms with Crippen LogP contribution in [0.1, 0.15) is 24.0 Å². The van der Waals surface area contributed by atoms with Crippen molar-refractivity contribution in [1.29, 1.82) is 0 Å². The quantitative estimate of drug-likeness (QED) is 0.916. The zero-order chi connectivity index (χ0) is 14.2. The SMILES string of the molecule is Cc1oc(C)c(S(=O)(=O)N2CCSCC2C)c1CO. The Balaban J connectivity index is 2.50. The molecule has 1 fully saturated rings. The van der Waals surface area contributed by atoms with E-state index >= 15 is 0 Å². The van der Waals surface area contributed by atoms with Crippen molar-refractivity contribution in [2.45, 2.75) is 38.3 Å². The number of rotatable bonds is 3. The van der Waals surface area contributed by atoms with Gasteiger partial charge in [0.05, 0.1) is 6.61 Å². The fourth-order valence-electron chi connectivity index (χ4n) is 2.42. The molecule has 0 aliphatic carbocycles. The molecule has 7 heteroatoms. The molecule has 0 bridgehead atoms. The lowest BCUT2D eigenvalue weighted by Crippen LogP contribution is -2.44. The molecule has 2 rings (SSSR count). The van der Waals surface area contributed by atoms with Crippen molar-refractivity contribution < 1.29 is 17.9 Å². The molecule has 1 aromatic rings. The van der Waals surface area contributed by atoms with Gasteiger partial charge in [-0.25, -0.2) is 8.42 Å². The van der Waals surface area contributed by atoms with Gasteiger partial charge < -0.3 is 9.52 Å². The Bertz CT molecular complexity index is 565. The van der Waals surface area contributed by atoms with E-state index < -0.39 is 10.0 Å². The second kappa shape index (κ2) is 5.47. The molecular weight excluding hydrogens is 286 g/mol. The Labute approximate surface area is 118 Å². The highest BCUT2D eigenvalue weighted by Gasteiger charge is 2.36. The molecule has 1 atom stereocenters. The van der Waals surface area contributed by atoms with Crippen LogP contribution in [-0.4, -0.2) is 41.9 Å². The largest absolute Gasteiger partial charge is 0.465 e. The minimum absolute atomic E-state index is 0.0371. The summed E-state index contributed by atoms with van der Waals surface area (Å²) in [7, 11) is -3.60. The Hall–Kier alpha value is -0.500. The van der Waals surface area contributed by atoms with Crippen LogP contribution in [0.3, 0.4) is 0 Å². The molecular formula is C12H19NO4S2. The number of furan rings is 1. The summed E-state index contributed by atoms with van der Waals surface area (Å²) < 4.78 is 32.4. The molecule has 0 amide bonds. The molecule has 1 aliphatic rings. The van der Waals surface area contributed by atoms with Gasteiger partial charge in [0.2, 0.25) is 10.0 Å². The summed E-state index contributed by atoms with van der Waals surface area (Å²) in [5.41, 5.74) is 0.378. The predicted molar refractivity (Wildman–Crippen MR) is 74.8 cm³/mol. The minimum atomic E-state index is -3.60. The van der Waals surface area contributed by atoms with Crippen molar-refractivity contribution in [2.24, 2.45) is 0 Å². The molecule has 5 nitrogen and oxygen atoms in total. The Kier molecular flexibility index (Phi) is 4.29. The van der Waals surface area contributed by atoms with E-state index in [4.69, 9.17) is 4.42 Å². The summed E-state index contributed by atoms with van der Waals surface area (Å²) in [6.07, 6.45) is 0. The van der Waals surface area contributed by atoms with Crippen LogP contribution in [0, 0.1) is 13.8 Å². The lowest BCUT2D eigenvalue weighted by Gasteiger charge is -2.32. The second-order valence-corrected chi connectivity index (χ2v) is 7.70. The average molecular weight is 305 g/mol. The smallest absolute Gasteiger partial charge is 0.247 e. The summed E-state index contributed by atoms with van der Waals surface area (Å²) in [5.74, 6) is 2.42. The van der Waals surface area contributed by atoms with Crippen LogP contribution >= 0.6 is 11.8 Å². The zero-order valence-electron chi connectivity index (χ0n) is 11.3. The van der Waals surface area contributed by atoms with E-state index in [2.05, 4.69) is 0 Å². The molecule has 0 spiro atoms. The van der Waals surface area contributed by atoms with Crippen LogP contribution in [0.15, 0.2) is 9.31 Å². The minimum Gasteiger partial charge on any atom is -0.465 e. The van der Waals surface area contributed by atoms with Crippen LogP contribution in [-0.2, 0) is 16.6 Å². The number of aliphatic hydroxyl groups is 1. The van der Waals surface area contributed by atoms with E-state index in [1.807, 2.05) is 6.92 Å². The van der Waals surface area contributed by atoms with Gasteiger partial charge in [0, 0.05) is 29.7 Å². The molecule has 0 aromatic carbocycles. The van der Waals surface area contributed by atoms with Crippen LogP contribution in [0.4, 0.5) is 0 Å². The molecule has 1 aromatic heterocycles. The van der Waals surface area contributed by atoms with E-state index in [9.17, 15) is 13.5 Å². The van der Waals surface area contributed by atoms with Gasteiger partial charge in [-0.3, -0.25) is 0 Å². The standard InChI is InChI=1S/C12H19NO4S2/c1-8-7-18-5-4-13(8)19(15,16)12-10(3)17-9(2)11(12)6-14/h8,14H,4-7H2,1-3H3. The van der Waals surface area contributed by atoms with E-state index in [1.165, 1.54) is 4.31 Å². The van der Waals surface area contributed by atoms with Crippen LogP contribution in [0.25, 0.3) is 0 Å². The van der Waals surface area contributed by atoms with Crippen molar-refractivity contribution in [3.8, 4) is 0 Å². The third-order valence-electron chi connectivity index (χ3n) is 3.36. The average Bonchev–Trinajstić information content (AvgIpc) is 2.64. The van der Waals surface area contributed by atoms with Gasteiger partial charge in [0.15, 0.2) is 0 Å². The molecule has 1 N–H and O–H groups in total. The molecule has 2 heterocycles. The predicted octanol–water partition coefficient (Wildman–Crippen LogP) is 1.51. The number of hydrogen-bond donors (Lipinski definition) is 1. The van der Waals surface area contributed by atoms with Gasteiger partial charge in [-0.15, -0.1) is 0 Å². The summed E-state index contributed by atoms with van der Waals surface area (Å²) in [4.78, 5) is 0.145. The van der Waals surface area contributed by atoms with Crippen molar-refractivity contribution in [3.05, 3.63) is 17.1 Å². The van der Waals surface area contributed by atoms with E-state index in [0.717, 1.165) is 11.5 Å².